The van der Waals surface area contributed by atoms with Gasteiger partial charge in [0.15, 0.2) is 0 Å². The summed E-state index contributed by atoms with van der Waals surface area (Å²) >= 11 is 0. The second kappa shape index (κ2) is 7.78. The number of nitrogens with one attached hydrogen (secondary N) is 1. The molecule has 0 aliphatic carbocycles. The largest absolute Gasteiger partial charge is 0.356 e. The molecule has 114 valence electrons. The molecule has 0 saturated carbocycles. The van der Waals surface area contributed by atoms with Gasteiger partial charge >= 0.3 is 0 Å². The Hall–Kier alpha value is -1.88. The Morgan fingerprint density at radius 1 is 1.24 bits per heavy atom. The number of nitrogens with two attached hydrogens (primary N) is 1. The summed E-state index contributed by atoms with van der Waals surface area (Å²) in [6.45, 7) is 1.74. The molecule has 0 atom stereocenters. The number of para-hydroxylation sites is 1. The summed E-state index contributed by atoms with van der Waals surface area (Å²) in [6.07, 6.45) is 3.46. The minimum atomic E-state index is -0.0112. The molecule has 1 aromatic rings. The number of aryl methyl sites for hydroxylation is 1. The number of hydrogen-bond donors (Lipinski definition) is 2. The summed E-state index contributed by atoms with van der Waals surface area (Å²) in [5.41, 5.74) is 7.53. The van der Waals surface area contributed by atoms with Crippen molar-refractivity contribution in [2.75, 3.05) is 24.5 Å². The zero-order valence-corrected chi connectivity index (χ0v) is 12.3. The molecule has 5 nitrogen and oxygen atoms in total. The molecular formula is C16H23N3O2. The molecular weight excluding hydrogens is 266 g/mol. The number of carbonyl (C=O) groups excluding carboxylic acids is 2. The fourth-order valence-electron chi connectivity index (χ4n) is 2.54. The minimum absolute atomic E-state index is 0.0112. The van der Waals surface area contributed by atoms with Crippen molar-refractivity contribution in [2.45, 2.75) is 32.1 Å². The number of hydrogen-bond acceptors (Lipinski definition) is 3. The van der Waals surface area contributed by atoms with Crippen LogP contribution in [0.2, 0.25) is 0 Å². The highest BCUT2D eigenvalue weighted by Crippen LogP contribution is 2.27. The lowest BCUT2D eigenvalue weighted by Gasteiger charge is -2.29. The maximum atomic E-state index is 12.0. The molecule has 0 unspecified atom stereocenters. The third kappa shape index (κ3) is 4.29. The number of benzene rings is 1. The molecule has 1 aromatic carbocycles. The maximum absolute atomic E-state index is 12.0. The van der Waals surface area contributed by atoms with Gasteiger partial charge in [0.25, 0.3) is 0 Å². The number of fused-ring (bicyclic) bond motifs is 1. The number of nitrogens with zero attached hydrogens (tertiary/aromatic N) is 1. The number of amides is 2. The van der Waals surface area contributed by atoms with E-state index in [0.29, 0.717) is 32.5 Å². The molecule has 2 rings (SSSR count). The van der Waals surface area contributed by atoms with Gasteiger partial charge in [0.1, 0.15) is 0 Å². The van der Waals surface area contributed by atoms with Crippen LogP contribution in [0.3, 0.4) is 0 Å². The predicted molar refractivity (Wildman–Crippen MR) is 83.0 cm³/mol. The quantitative estimate of drug-likeness (QED) is 0.741. The van der Waals surface area contributed by atoms with Gasteiger partial charge in [-0.2, -0.15) is 0 Å². The summed E-state index contributed by atoms with van der Waals surface area (Å²) in [5.74, 6) is 0.0903. The molecule has 0 radical (unpaired) electrons. The van der Waals surface area contributed by atoms with Crippen molar-refractivity contribution in [3.05, 3.63) is 29.8 Å². The van der Waals surface area contributed by atoms with Crippen molar-refractivity contribution in [1.29, 1.82) is 0 Å². The summed E-state index contributed by atoms with van der Waals surface area (Å²) < 4.78 is 0. The van der Waals surface area contributed by atoms with Crippen molar-refractivity contribution in [3.63, 3.8) is 0 Å². The lowest BCUT2D eigenvalue weighted by atomic mass is 10.0. The second-order valence-corrected chi connectivity index (χ2v) is 5.27. The van der Waals surface area contributed by atoms with Gasteiger partial charge in [0.05, 0.1) is 0 Å². The van der Waals surface area contributed by atoms with Crippen LogP contribution < -0.4 is 16.0 Å². The highest BCUT2D eigenvalue weighted by Gasteiger charge is 2.23. The molecule has 1 heterocycles. The van der Waals surface area contributed by atoms with Crippen molar-refractivity contribution < 1.29 is 9.59 Å². The first-order valence-corrected chi connectivity index (χ1v) is 7.57. The molecule has 0 bridgehead atoms. The first-order valence-electron chi connectivity index (χ1n) is 7.57. The van der Waals surface area contributed by atoms with Crippen molar-refractivity contribution >= 4 is 17.5 Å². The molecule has 0 aromatic heterocycles. The summed E-state index contributed by atoms with van der Waals surface area (Å²) in [7, 11) is 0. The van der Waals surface area contributed by atoms with Gasteiger partial charge in [-0.3, -0.25) is 9.59 Å². The van der Waals surface area contributed by atoms with Gasteiger partial charge in [0, 0.05) is 31.6 Å². The number of carbonyl (C=O) groups is 2. The van der Waals surface area contributed by atoms with E-state index in [2.05, 4.69) is 5.32 Å². The SMILES string of the molecule is NCCCCNC(=O)CCN1C(=O)CCc2ccccc21. The lowest BCUT2D eigenvalue weighted by Crippen LogP contribution is -2.38. The average Bonchev–Trinajstić information content (AvgIpc) is 2.50. The van der Waals surface area contributed by atoms with Crippen LogP contribution in [0.25, 0.3) is 0 Å². The lowest BCUT2D eigenvalue weighted by molar-refractivity contribution is -0.121. The third-order valence-corrected chi connectivity index (χ3v) is 3.71. The molecule has 3 N–H and O–H groups in total. The Morgan fingerprint density at radius 3 is 2.86 bits per heavy atom. The van der Waals surface area contributed by atoms with E-state index in [1.165, 1.54) is 5.56 Å². The summed E-state index contributed by atoms with van der Waals surface area (Å²) in [5, 5.41) is 2.86. The van der Waals surface area contributed by atoms with Crippen LogP contribution >= 0.6 is 0 Å². The fraction of sp³-hybridized carbons (Fsp3) is 0.500. The average molecular weight is 289 g/mol. The van der Waals surface area contributed by atoms with Crippen LogP contribution in [-0.4, -0.2) is 31.4 Å². The van der Waals surface area contributed by atoms with Gasteiger partial charge < -0.3 is 16.0 Å². The normalized spacial score (nSPS) is 14.0. The van der Waals surface area contributed by atoms with Crippen LogP contribution in [0.5, 0.6) is 0 Å². The van der Waals surface area contributed by atoms with E-state index in [1.54, 1.807) is 4.90 Å². The van der Waals surface area contributed by atoms with Crippen LogP contribution in [0.1, 0.15) is 31.2 Å². The Bertz CT molecular complexity index is 502. The monoisotopic (exact) mass is 289 g/mol. The topological polar surface area (TPSA) is 75.4 Å². The number of anilines is 1. The highest BCUT2D eigenvalue weighted by molar-refractivity contribution is 5.96. The van der Waals surface area contributed by atoms with E-state index in [9.17, 15) is 9.59 Å². The van der Waals surface area contributed by atoms with Crippen molar-refractivity contribution in [3.8, 4) is 0 Å². The van der Waals surface area contributed by atoms with E-state index in [0.717, 1.165) is 24.9 Å². The predicted octanol–water partition coefficient (Wildman–Crippen LogP) is 1.21. The van der Waals surface area contributed by atoms with Crippen molar-refractivity contribution in [1.82, 2.24) is 5.32 Å². The Kier molecular flexibility index (Phi) is 5.75. The van der Waals surface area contributed by atoms with Crippen LogP contribution in [0, 0.1) is 0 Å². The fourth-order valence-corrected chi connectivity index (χ4v) is 2.54. The zero-order valence-electron chi connectivity index (χ0n) is 12.3. The van der Waals surface area contributed by atoms with Crippen molar-refractivity contribution in [2.24, 2.45) is 5.73 Å². The second-order valence-electron chi connectivity index (χ2n) is 5.27. The standard InChI is InChI=1S/C16H23N3O2/c17-10-3-4-11-18-15(20)9-12-19-14-6-2-1-5-13(14)7-8-16(19)21/h1-2,5-6H,3-4,7-12,17H2,(H,18,20). The van der Waals surface area contributed by atoms with E-state index < -0.39 is 0 Å². The molecule has 1 aliphatic rings. The minimum Gasteiger partial charge on any atom is -0.356 e. The maximum Gasteiger partial charge on any atom is 0.227 e. The molecule has 0 saturated heterocycles. The molecule has 1 aliphatic heterocycles. The molecule has 0 spiro atoms. The smallest absolute Gasteiger partial charge is 0.227 e. The van der Waals surface area contributed by atoms with Crippen LogP contribution in [0.15, 0.2) is 24.3 Å². The Balaban J connectivity index is 1.85. The molecule has 0 fully saturated rings. The number of rotatable bonds is 7. The summed E-state index contributed by atoms with van der Waals surface area (Å²) in [4.78, 5) is 25.6. The molecule has 5 heteroatoms. The Labute approximate surface area is 125 Å². The first-order chi connectivity index (χ1) is 10.2. The van der Waals surface area contributed by atoms with Crippen LogP contribution in [-0.2, 0) is 16.0 Å². The van der Waals surface area contributed by atoms with Gasteiger partial charge in [-0.25, -0.2) is 0 Å². The van der Waals surface area contributed by atoms with Gasteiger partial charge in [-0.15, -0.1) is 0 Å². The van der Waals surface area contributed by atoms with E-state index in [1.807, 2.05) is 24.3 Å². The van der Waals surface area contributed by atoms with Crippen LogP contribution in [0.4, 0.5) is 5.69 Å². The van der Waals surface area contributed by atoms with E-state index >= 15 is 0 Å². The highest BCUT2D eigenvalue weighted by atomic mass is 16.2. The summed E-state index contributed by atoms with van der Waals surface area (Å²) in [6, 6.07) is 7.90. The third-order valence-electron chi connectivity index (χ3n) is 3.71. The number of unbranched alkanes of at least 4 members (excludes halogenated alkanes) is 1. The molecule has 21 heavy (non-hydrogen) atoms. The van der Waals surface area contributed by atoms with E-state index in [-0.39, 0.29) is 11.8 Å². The Morgan fingerprint density at radius 2 is 2.05 bits per heavy atom. The molecule has 2 amide bonds. The van der Waals surface area contributed by atoms with E-state index in [4.69, 9.17) is 5.73 Å². The zero-order chi connectivity index (χ0) is 15.1. The first kappa shape index (κ1) is 15.5. The van der Waals surface area contributed by atoms with Gasteiger partial charge in [-0.1, -0.05) is 18.2 Å². The van der Waals surface area contributed by atoms with Gasteiger partial charge in [-0.05, 0) is 37.4 Å². The van der Waals surface area contributed by atoms with Gasteiger partial charge in [0.2, 0.25) is 11.8 Å².